The monoisotopic (exact) mass is 433 g/mol. The zero-order chi connectivity index (χ0) is 23.9. The molecule has 1 aliphatic heterocycles. The Labute approximate surface area is 190 Å². The molecule has 0 aliphatic carbocycles. The van der Waals surface area contributed by atoms with Gasteiger partial charge in [-0.05, 0) is 44.4 Å². The van der Waals surface area contributed by atoms with Crippen LogP contribution in [0.3, 0.4) is 0 Å². The van der Waals surface area contributed by atoms with Gasteiger partial charge in [-0.1, -0.05) is 18.2 Å². The van der Waals surface area contributed by atoms with Crippen molar-refractivity contribution in [2.75, 3.05) is 23.3 Å². The van der Waals surface area contributed by atoms with Crippen molar-refractivity contribution in [1.29, 1.82) is 0 Å². The Balaban J connectivity index is 1.58. The van der Waals surface area contributed by atoms with Crippen LogP contribution >= 0.6 is 0 Å². The van der Waals surface area contributed by atoms with Gasteiger partial charge in [0, 0.05) is 44.1 Å². The average Bonchev–Trinajstić information content (AvgIpc) is 3.50. The summed E-state index contributed by atoms with van der Waals surface area (Å²) in [6.07, 6.45) is 6.93. The van der Waals surface area contributed by atoms with Gasteiger partial charge in [-0.3, -0.25) is 0 Å². The van der Waals surface area contributed by atoms with Gasteiger partial charge in [-0.2, -0.15) is 15.1 Å². The molecule has 1 saturated heterocycles. The maximum atomic E-state index is 8.95. The van der Waals surface area contributed by atoms with Gasteiger partial charge in [0.25, 0.3) is 0 Å². The fourth-order valence-electron chi connectivity index (χ4n) is 3.93. The standard InChI is InChI=1S/C23H29N9/c1-16(2)31-15-26-20-21(28-23(29-22(20)31)30-12-8-18(24)9-13-30)25-14-17-6-3-4-7-19(17)32-11-5-10-27-32/h3-7,10-11,15-16,18H,8-9,12-14,24H2,1-2H3,(H,25,28,29)/i14D2. The van der Waals surface area contributed by atoms with Crippen LogP contribution in [0.2, 0.25) is 0 Å². The minimum absolute atomic E-state index is 0.146. The van der Waals surface area contributed by atoms with Gasteiger partial charge >= 0.3 is 0 Å². The lowest BCUT2D eigenvalue weighted by atomic mass is 10.1. The third-order valence-electron chi connectivity index (χ3n) is 5.76. The lowest BCUT2D eigenvalue weighted by molar-refractivity contribution is 0.495. The minimum Gasteiger partial charge on any atom is -0.364 e. The van der Waals surface area contributed by atoms with Gasteiger partial charge in [0.15, 0.2) is 17.0 Å². The van der Waals surface area contributed by atoms with Crippen LogP contribution in [0, 0.1) is 0 Å². The first kappa shape index (κ1) is 18.1. The number of nitrogens with zero attached hydrogens (tertiary/aromatic N) is 7. The molecule has 0 bridgehead atoms. The molecule has 0 unspecified atom stereocenters. The maximum Gasteiger partial charge on any atom is 0.229 e. The third kappa shape index (κ3) is 3.91. The van der Waals surface area contributed by atoms with E-state index >= 15 is 0 Å². The number of benzene rings is 1. The summed E-state index contributed by atoms with van der Waals surface area (Å²) in [6, 6.07) is 9.41. The molecule has 0 saturated carbocycles. The van der Waals surface area contributed by atoms with Gasteiger partial charge in [0.05, 0.1) is 14.8 Å². The highest BCUT2D eigenvalue weighted by Gasteiger charge is 2.22. The summed E-state index contributed by atoms with van der Waals surface area (Å²) in [6.45, 7) is 3.70. The minimum atomic E-state index is -1.95. The number of para-hydroxylation sites is 1. The van der Waals surface area contributed by atoms with Gasteiger partial charge < -0.3 is 20.5 Å². The number of imidazole rings is 1. The summed E-state index contributed by atoms with van der Waals surface area (Å²) in [4.78, 5) is 16.2. The predicted octanol–water partition coefficient (Wildman–Crippen LogP) is 3.13. The molecule has 0 atom stereocenters. The van der Waals surface area contributed by atoms with Gasteiger partial charge in [0.2, 0.25) is 5.95 Å². The first-order chi connectivity index (χ1) is 16.3. The quantitative estimate of drug-likeness (QED) is 0.481. The smallest absolute Gasteiger partial charge is 0.229 e. The molecule has 1 aromatic carbocycles. The Morgan fingerprint density at radius 1 is 1.19 bits per heavy atom. The molecular weight excluding hydrogens is 402 g/mol. The van der Waals surface area contributed by atoms with Crippen molar-refractivity contribution >= 4 is 22.9 Å². The highest BCUT2D eigenvalue weighted by Crippen LogP contribution is 2.27. The van der Waals surface area contributed by atoms with Gasteiger partial charge in [-0.15, -0.1) is 0 Å². The Morgan fingerprint density at radius 2 is 2.00 bits per heavy atom. The molecule has 0 amide bonds. The van der Waals surface area contributed by atoms with E-state index in [1.807, 2.05) is 28.8 Å². The van der Waals surface area contributed by atoms with Crippen LogP contribution < -0.4 is 16.0 Å². The van der Waals surface area contributed by atoms with Gasteiger partial charge in [0.1, 0.15) is 0 Å². The molecule has 3 N–H and O–H groups in total. The Morgan fingerprint density at radius 3 is 2.75 bits per heavy atom. The van der Waals surface area contributed by atoms with Crippen LogP contribution in [0.25, 0.3) is 16.9 Å². The molecule has 5 rings (SSSR count). The zero-order valence-corrected chi connectivity index (χ0v) is 18.3. The molecule has 9 heteroatoms. The second-order valence-electron chi connectivity index (χ2n) is 8.33. The van der Waals surface area contributed by atoms with Crippen molar-refractivity contribution in [3.05, 3.63) is 54.6 Å². The molecule has 1 aliphatic rings. The fraction of sp³-hybridized carbons (Fsp3) is 0.391. The third-order valence-corrected chi connectivity index (χ3v) is 5.76. The second-order valence-corrected chi connectivity index (χ2v) is 8.33. The Kier molecular flexibility index (Phi) is 4.87. The second kappa shape index (κ2) is 8.58. The molecule has 0 spiro atoms. The molecule has 4 aromatic rings. The van der Waals surface area contributed by atoms with E-state index in [2.05, 4.69) is 34.1 Å². The normalized spacial score (nSPS) is 16.4. The van der Waals surface area contributed by atoms with E-state index in [0.717, 1.165) is 25.9 Å². The van der Waals surface area contributed by atoms with E-state index in [9.17, 15) is 0 Å². The number of aromatic nitrogens is 6. The molecule has 166 valence electrons. The number of anilines is 2. The first-order valence-corrected chi connectivity index (χ1v) is 11.0. The number of nitrogens with one attached hydrogen (secondary N) is 1. The number of rotatable bonds is 6. The van der Waals surface area contributed by atoms with Crippen LogP contribution in [0.1, 0.15) is 41.0 Å². The SMILES string of the molecule is [2H]C([2H])(Nc1nc(N2CCC(N)CC2)nc2c1ncn2C(C)C)c1ccccc1-n1cccn1. The first-order valence-electron chi connectivity index (χ1n) is 12.0. The molecule has 4 heterocycles. The van der Waals surface area contributed by atoms with Crippen LogP contribution in [-0.4, -0.2) is 48.4 Å². The van der Waals surface area contributed by atoms with Crippen LogP contribution in [-0.2, 0) is 6.50 Å². The molecule has 32 heavy (non-hydrogen) atoms. The Bertz CT molecular complexity index is 1280. The number of fused-ring (bicyclic) bond motifs is 1. The fourth-order valence-corrected chi connectivity index (χ4v) is 3.93. The summed E-state index contributed by atoms with van der Waals surface area (Å²) in [5.74, 6) is 0.912. The van der Waals surface area contributed by atoms with Gasteiger partial charge in [-0.25, -0.2) is 9.67 Å². The van der Waals surface area contributed by atoms with Crippen molar-refractivity contribution in [2.24, 2.45) is 5.73 Å². The summed E-state index contributed by atoms with van der Waals surface area (Å²) in [7, 11) is 0. The van der Waals surface area contributed by atoms with Crippen molar-refractivity contribution in [3.8, 4) is 5.69 Å². The van der Waals surface area contributed by atoms with Crippen molar-refractivity contribution in [1.82, 2.24) is 29.3 Å². The topological polar surface area (TPSA) is 103 Å². The van der Waals surface area contributed by atoms with Crippen LogP contribution in [0.4, 0.5) is 11.8 Å². The van der Waals surface area contributed by atoms with E-state index in [1.165, 1.54) is 0 Å². The summed E-state index contributed by atoms with van der Waals surface area (Å²) in [5.41, 5.74) is 8.39. The highest BCUT2D eigenvalue weighted by molar-refractivity contribution is 5.84. The zero-order valence-electron chi connectivity index (χ0n) is 20.3. The van der Waals surface area contributed by atoms with Crippen LogP contribution in [0.15, 0.2) is 49.1 Å². The van der Waals surface area contributed by atoms with E-state index < -0.39 is 6.50 Å². The molecular formula is C23H29N9. The molecule has 3 aromatic heterocycles. The predicted molar refractivity (Wildman–Crippen MR) is 126 cm³/mol. The summed E-state index contributed by atoms with van der Waals surface area (Å²) < 4.78 is 21.5. The lowest BCUT2D eigenvalue weighted by Gasteiger charge is -2.30. The highest BCUT2D eigenvalue weighted by atomic mass is 15.3. The van der Waals surface area contributed by atoms with Crippen molar-refractivity contribution < 1.29 is 2.74 Å². The van der Waals surface area contributed by atoms with Crippen LogP contribution in [0.5, 0.6) is 0 Å². The average molecular weight is 434 g/mol. The number of nitrogens with two attached hydrogens (primary N) is 1. The lowest BCUT2D eigenvalue weighted by Crippen LogP contribution is -2.40. The molecule has 1 fully saturated rings. The number of hydrogen-bond donors (Lipinski definition) is 2. The van der Waals surface area contributed by atoms with E-state index in [-0.39, 0.29) is 12.1 Å². The van der Waals surface area contributed by atoms with Crippen molar-refractivity contribution in [3.63, 3.8) is 0 Å². The molecule has 0 radical (unpaired) electrons. The van der Waals surface area contributed by atoms with E-state index in [0.29, 0.717) is 34.2 Å². The Hall–Kier alpha value is -3.46. The summed E-state index contributed by atoms with van der Waals surface area (Å²) >= 11 is 0. The number of hydrogen-bond acceptors (Lipinski definition) is 7. The summed E-state index contributed by atoms with van der Waals surface area (Å²) in [5, 5.41) is 7.32. The van der Waals surface area contributed by atoms with E-state index in [4.69, 9.17) is 18.4 Å². The van der Waals surface area contributed by atoms with E-state index in [1.54, 1.807) is 29.5 Å². The number of piperidine rings is 1. The molecule has 9 nitrogen and oxygen atoms in total. The van der Waals surface area contributed by atoms with Crippen molar-refractivity contribution in [2.45, 2.75) is 45.3 Å². The largest absolute Gasteiger partial charge is 0.364 e. The maximum absolute atomic E-state index is 8.95.